The molecule has 1 aromatic carbocycles. The average Bonchev–Trinajstić information content (AvgIpc) is 3.16. The maximum atomic E-state index is 13.1. The number of nitrogens with one attached hydrogen (secondary N) is 1. The van der Waals surface area contributed by atoms with Crippen LogP contribution >= 0.6 is 11.3 Å². The highest BCUT2D eigenvalue weighted by Gasteiger charge is 2.21. The molecule has 4 nitrogen and oxygen atoms in total. The molecule has 124 valence electrons. The number of carbonyl (C=O) groups excluding carboxylic acids is 1. The van der Waals surface area contributed by atoms with Crippen LogP contribution in [0.25, 0.3) is 5.69 Å². The molecule has 1 atom stereocenters. The van der Waals surface area contributed by atoms with Gasteiger partial charge in [-0.3, -0.25) is 4.79 Å². The van der Waals surface area contributed by atoms with Crippen molar-refractivity contribution >= 4 is 17.2 Å². The molecule has 2 heterocycles. The Bertz CT molecular complexity index is 853. The predicted octanol–water partition coefficient (Wildman–Crippen LogP) is 4.18. The van der Waals surface area contributed by atoms with Gasteiger partial charge in [-0.1, -0.05) is 6.07 Å². The molecule has 0 saturated heterocycles. The molecule has 0 aliphatic heterocycles. The van der Waals surface area contributed by atoms with Gasteiger partial charge in [0.05, 0.1) is 28.7 Å². The summed E-state index contributed by atoms with van der Waals surface area (Å²) in [5.74, 6) is -0.456. The first-order valence-corrected chi connectivity index (χ1v) is 8.51. The van der Waals surface area contributed by atoms with E-state index < -0.39 is 0 Å². The Hall–Kier alpha value is -2.47. The number of aromatic nitrogens is 2. The van der Waals surface area contributed by atoms with Crippen LogP contribution in [-0.4, -0.2) is 15.7 Å². The highest BCUT2D eigenvalue weighted by molar-refractivity contribution is 7.10. The molecule has 0 saturated carbocycles. The minimum absolute atomic E-state index is 0.0644. The Kier molecular flexibility index (Phi) is 4.49. The van der Waals surface area contributed by atoms with E-state index in [0.29, 0.717) is 11.3 Å². The molecule has 6 heteroatoms. The number of thiophene rings is 1. The third-order valence-corrected chi connectivity index (χ3v) is 4.96. The lowest BCUT2D eigenvalue weighted by atomic mass is 10.1. The number of nitrogens with zero attached hydrogens (tertiary/aromatic N) is 2. The topological polar surface area (TPSA) is 46.9 Å². The Balaban J connectivity index is 1.88. The normalized spacial score (nSPS) is 12.2. The van der Waals surface area contributed by atoms with Crippen LogP contribution in [0.3, 0.4) is 0 Å². The zero-order valence-electron chi connectivity index (χ0n) is 13.7. The monoisotopic (exact) mass is 343 g/mol. The van der Waals surface area contributed by atoms with E-state index in [4.69, 9.17) is 0 Å². The molecule has 0 bridgehead atoms. The van der Waals surface area contributed by atoms with E-state index >= 15 is 0 Å². The van der Waals surface area contributed by atoms with Crippen LogP contribution in [0.1, 0.15) is 39.6 Å². The lowest BCUT2D eigenvalue weighted by Crippen LogP contribution is -2.27. The largest absolute Gasteiger partial charge is 0.345 e. The first-order chi connectivity index (χ1) is 11.5. The van der Waals surface area contributed by atoms with Crippen LogP contribution in [0.2, 0.25) is 0 Å². The summed E-state index contributed by atoms with van der Waals surface area (Å²) in [6.07, 6.45) is 0. The Labute approximate surface area is 143 Å². The minimum Gasteiger partial charge on any atom is -0.345 e. The highest BCUT2D eigenvalue weighted by atomic mass is 32.1. The summed E-state index contributed by atoms with van der Waals surface area (Å²) in [7, 11) is 0. The molecule has 1 amide bonds. The van der Waals surface area contributed by atoms with Crippen LogP contribution in [-0.2, 0) is 0 Å². The smallest absolute Gasteiger partial charge is 0.255 e. The molecular formula is C18H18FN3OS. The van der Waals surface area contributed by atoms with Crippen molar-refractivity contribution in [3.05, 3.63) is 69.4 Å². The zero-order valence-corrected chi connectivity index (χ0v) is 14.5. The number of amides is 1. The van der Waals surface area contributed by atoms with Crippen molar-refractivity contribution in [1.29, 1.82) is 0 Å². The molecule has 2 aromatic heterocycles. The lowest BCUT2D eigenvalue weighted by molar-refractivity contribution is 0.0939. The Morgan fingerprint density at radius 2 is 1.96 bits per heavy atom. The lowest BCUT2D eigenvalue weighted by Gasteiger charge is -2.12. The van der Waals surface area contributed by atoms with E-state index in [2.05, 4.69) is 10.4 Å². The van der Waals surface area contributed by atoms with Crippen molar-refractivity contribution in [2.75, 3.05) is 0 Å². The van der Waals surface area contributed by atoms with Crippen LogP contribution in [0, 0.1) is 19.7 Å². The van der Waals surface area contributed by atoms with E-state index in [1.54, 1.807) is 35.1 Å². The van der Waals surface area contributed by atoms with E-state index in [9.17, 15) is 9.18 Å². The molecule has 24 heavy (non-hydrogen) atoms. The van der Waals surface area contributed by atoms with Crippen molar-refractivity contribution < 1.29 is 9.18 Å². The summed E-state index contributed by atoms with van der Waals surface area (Å²) >= 11 is 1.61. The summed E-state index contributed by atoms with van der Waals surface area (Å²) in [4.78, 5) is 13.8. The van der Waals surface area contributed by atoms with Gasteiger partial charge in [-0.2, -0.15) is 5.10 Å². The minimum atomic E-state index is -0.303. The van der Waals surface area contributed by atoms with E-state index in [1.165, 1.54) is 12.1 Å². The van der Waals surface area contributed by atoms with E-state index in [-0.39, 0.29) is 17.8 Å². The SMILES string of the molecule is Cc1nn(-c2ccc(F)cc2)c(C)c1C(=O)N[C@@H](C)c1cccs1. The van der Waals surface area contributed by atoms with Crippen LogP contribution in [0.15, 0.2) is 41.8 Å². The molecule has 0 radical (unpaired) electrons. The molecular weight excluding hydrogens is 325 g/mol. The van der Waals surface area contributed by atoms with Gasteiger partial charge in [0.2, 0.25) is 0 Å². The standard InChI is InChI=1S/C18H18FN3OS/c1-11(16-5-4-10-24-16)20-18(23)17-12(2)21-22(13(17)3)15-8-6-14(19)7-9-15/h4-11H,1-3H3,(H,20,23)/t11-/m0/s1. The van der Waals surface area contributed by atoms with Crippen molar-refractivity contribution in [3.8, 4) is 5.69 Å². The predicted molar refractivity (Wildman–Crippen MR) is 93.2 cm³/mol. The second-order valence-corrected chi connectivity index (χ2v) is 6.62. The number of halogens is 1. The van der Waals surface area contributed by atoms with Crippen LogP contribution < -0.4 is 5.32 Å². The fourth-order valence-corrected chi connectivity index (χ4v) is 3.42. The Morgan fingerprint density at radius 1 is 1.25 bits per heavy atom. The summed E-state index contributed by atoms with van der Waals surface area (Å²) in [6.45, 7) is 5.60. The van der Waals surface area contributed by atoms with Crippen molar-refractivity contribution in [2.24, 2.45) is 0 Å². The van der Waals surface area contributed by atoms with Gasteiger partial charge >= 0.3 is 0 Å². The maximum Gasteiger partial charge on any atom is 0.255 e. The molecule has 3 rings (SSSR count). The molecule has 0 unspecified atom stereocenters. The van der Waals surface area contributed by atoms with Gasteiger partial charge in [0.25, 0.3) is 5.91 Å². The van der Waals surface area contributed by atoms with Gasteiger partial charge in [-0.15, -0.1) is 11.3 Å². The van der Waals surface area contributed by atoms with Crippen molar-refractivity contribution in [1.82, 2.24) is 15.1 Å². The molecule has 0 spiro atoms. The van der Waals surface area contributed by atoms with Gasteiger partial charge in [0, 0.05) is 4.88 Å². The number of benzene rings is 1. The van der Waals surface area contributed by atoms with Gasteiger partial charge in [0.15, 0.2) is 0 Å². The highest BCUT2D eigenvalue weighted by Crippen LogP contribution is 2.22. The maximum absolute atomic E-state index is 13.1. The van der Waals surface area contributed by atoms with Gasteiger partial charge in [-0.05, 0) is 56.5 Å². The first kappa shape index (κ1) is 16.4. The van der Waals surface area contributed by atoms with Gasteiger partial charge in [-0.25, -0.2) is 9.07 Å². The van der Waals surface area contributed by atoms with Crippen molar-refractivity contribution in [2.45, 2.75) is 26.8 Å². The quantitative estimate of drug-likeness (QED) is 0.772. The second-order valence-electron chi connectivity index (χ2n) is 5.64. The molecule has 0 aliphatic rings. The average molecular weight is 343 g/mol. The molecule has 0 fully saturated rings. The number of rotatable bonds is 4. The van der Waals surface area contributed by atoms with Crippen molar-refractivity contribution in [3.63, 3.8) is 0 Å². The van der Waals surface area contributed by atoms with Crippen LogP contribution in [0.5, 0.6) is 0 Å². The zero-order chi connectivity index (χ0) is 17.3. The Morgan fingerprint density at radius 3 is 2.58 bits per heavy atom. The second kappa shape index (κ2) is 6.57. The van der Waals surface area contributed by atoms with E-state index in [0.717, 1.165) is 16.3 Å². The molecule has 1 N–H and O–H groups in total. The number of aryl methyl sites for hydroxylation is 1. The van der Waals surface area contributed by atoms with Crippen LogP contribution in [0.4, 0.5) is 4.39 Å². The van der Waals surface area contributed by atoms with Gasteiger partial charge in [0.1, 0.15) is 5.82 Å². The first-order valence-electron chi connectivity index (χ1n) is 7.64. The molecule has 3 aromatic rings. The summed E-state index contributed by atoms with van der Waals surface area (Å²) in [5, 5.41) is 9.44. The number of hydrogen-bond donors (Lipinski definition) is 1. The van der Waals surface area contributed by atoms with E-state index in [1.807, 2.05) is 31.4 Å². The molecule has 0 aliphatic carbocycles. The fraction of sp³-hybridized carbons (Fsp3) is 0.222. The third-order valence-electron chi connectivity index (χ3n) is 3.91. The number of carbonyl (C=O) groups is 1. The summed E-state index contributed by atoms with van der Waals surface area (Å²) in [5.41, 5.74) is 2.66. The summed E-state index contributed by atoms with van der Waals surface area (Å²) in [6, 6.07) is 9.94. The van der Waals surface area contributed by atoms with Gasteiger partial charge < -0.3 is 5.32 Å². The fourth-order valence-electron chi connectivity index (χ4n) is 2.68. The summed E-state index contributed by atoms with van der Waals surface area (Å²) < 4.78 is 14.8. The third kappa shape index (κ3) is 3.10. The number of hydrogen-bond acceptors (Lipinski definition) is 3.